The molecule has 1 aromatic carbocycles. The van der Waals surface area contributed by atoms with Gasteiger partial charge in [-0.2, -0.15) is 0 Å². The van der Waals surface area contributed by atoms with Gasteiger partial charge in [-0.25, -0.2) is 4.39 Å². The monoisotopic (exact) mass is 223 g/mol. The van der Waals surface area contributed by atoms with E-state index in [2.05, 4.69) is 19.2 Å². The third kappa shape index (κ3) is 3.60. The predicted octanol–water partition coefficient (Wildman–Crippen LogP) is 3.97. The number of halogens is 1. The first-order valence-electron chi connectivity index (χ1n) is 6.18. The Morgan fingerprint density at radius 1 is 1.31 bits per heavy atom. The van der Waals surface area contributed by atoms with Gasteiger partial charge >= 0.3 is 0 Å². The highest BCUT2D eigenvalue weighted by Gasteiger charge is 2.14. The van der Waals surface area contributed by atoms with Crippen molar-refractivity contribution in [2.75, 3.05) is 6.54 Å². The zero-order chi connectivity index (χ0) is 12.0. The molecular weight excluding hydrogens is 201 g/mol. The van der Waals surface area contributed by atoms with Crippen LogP contribution >= 0.6 is 0 Å². The fraction of sp³-hybridized carbons (Fsp3) is 0.571. The van der Waals surface area contributed by atoms with Crippen LogP contribution in [0.5, 0.6) is 0 Å². The van der Waals surface area contributed by atoms with Crippen LogP contribution in [0.2, 0.25) is 0 Å². The molecule has 2 heteroatoms. The average Bonchev–Trinajstić information content (AvgIpc) is 2.28. The van der Waals surface area contributed by atoms with Crippen LogP contribution in [0.4, 0.5) is 4.39 Å². The molecule has 0 saturated carbocycles. The molecule has 16 heavy (non-hydrogen) atoms. The standard InChI is InChI=1S/C14H22FN/c1-4-6-7-14(16-5-2)12-10-11(3)8-9-13(12)15/h8-10,14,16H,4-7H2,1-3H3. The predicted molar refractivity (Wildman–Crippen MR) is 67.1 cm³/mol. The third-order valence-corrected chi connectivity index (χ3v) is 2.82. The Labute approximate surface area is 98.1 Å². The molecule has 1 N–H and O–H groups in total. The summed E-state index contributed by atoms with van der Waals surface area (Å²) in [6, 6.07) is 5.51. The Morgan fingerprint density at radius 2 is 2.06 bits per heavy atom. The first-order valence-corrected chi connectivity index (χ1v) is 6.18. The van der Waals surface area contributed by atoms with Crippen molar-refractivity contribution >= 4 is 0 Å². The van der Waals surface area contributed by atoms with Crippen molar-refractivity contribution in [3.05, 3.63) is 35.1 Å². The summed E-state index contributed by atoms with van der Waals surface area (Å²) in [6.45, 7) is 7.11. The molecule has 0 aromatic heterocycles. The van der Waals surface area contributed by atoms with E-state index < -0.39 is 0 Å². The lowest BCUT2D eigenvalue weighted by atomic mass is 9.99. The van der Waals surface area contributed by atoms with E-state index in [1.165, 1.54) is 0 Å². The molecule has 1 atom stereocenters. The highest BCUT2D eigenvalue weighted by molar-refractivity contribution is 5.26. The summed E-state index contributed by atoms with van der Waals surface area (Å²) < 4.78 is 13.7. The molecule has 0 fully saturated rings. The Hall–Kier alpha value is -0.890. The number of nitrogens with one attached hydrogen (secondary N) is 1. The van der Waals surface area contributed by atoms with Crippen molar-refractivity contribution in [1.29, 1.82) is 0 Å². The van der Waals surface area contributed by atoms with Crippen LogP contribution in [0.3, 0.4) is 0 Å². The largest absolute Gasteiger partial charge is 0.310 e. The van der Waals surface area contributed by atoms with Crippen LogP contribution in [0.25, 0.3) is 0 Å². The van der Waals surface area contributed by atoms with E-state index in [9.17, 15) is 4.39 Å². The van der Waals surface area contributed by atoms with Gasteiger partial charge in [0.2, 0.25) is 0 Å². The second kappa shape index (κ2) is 6.64. The Morgan fingerprint density at radius 3 is 2.69 bits per heavy atom. The molecule has 0 aliphatic rings. The van der Waals surface area contributed by atoms with Crippen molar-refractivity contribution in [2.45, 2.75) is 46.1 Å². The summed E-state index contributed by atoms with van der Waals surface area (Å²) in [4.78, 5) is 0. The van der Waals surface area contributed by atoms with E-state index >= 15 is 0 Å². The van der Waals surface area contributed by atoms with Gasteiger partial charge in [0, 0.05) is 11.6 Å². The maximum Gasteiger partial charge on any atom is 0.127 e. The zero-order valence-corrected chi connectivity index (χ0v) is 10.5. The van der Waals surface area contributed by atoms with Crippen LogP contribution in [0.15, 0.2) is 18.2 Å². The minimum Gasteiger partial charge on any atom is -0.310 e. The van der Waals surface area contributed by atoms with E-state index in [0.29, 0.717) is 0 Å². The van der Waals surface area contributed by atoms with Gasteiger partial charge in [-0.3, -0.25) is 0 Å². The number of aryl methyl sites for hydroxylation is 1. The third-order valence-electron chi connectivity index (χ3n) is 2.82. The maximum absolute atomic E-state index is 13.7. The molecule has 0 saturated heterocycles. The molecule has 1 nitrogen and oxygen atoms in total. The van der Waals surface area contributed by atoms with E-state index in [4.69, 9.17) is 0 Å². The molecule has 0 radical (unpaired) electrons. The quantitative estimate of drug-likeness (QED) is 0.769. The fourth-order valence-corrected chi connectivity index (χ4v) is 1.95. The minimum atomic E-state index is -0.0901. The van der Waals surface area contributed by atoms with Crippen molar-refractivity contribution in [1.82, 2.24) is 5.32 Å². The van der Waals surface area contributed by atoms with E-state index in [1.807, 2.05) is 19.1 Å². The lowest BCUT2D eigenvalue weighted by molar-refractivity contribution is 0.470. The molecule has 90 valence electrons. The van der Waals surface area contributed by atoms with Crippen LogP contribution < -0.4 is 5.32 Å². The van der Waals surface area contributed by atoms with Crippen LogP contribution in [0, 0.1) is 12.7 Å². The summed E-state index contributed by atoms with van der Waals surface area (Å²) >= 11 is 0. The molecule has 0 aliphatic carbocycles. The average molecular weight is 223 g/mol. The molecule has 1 rings (SSSR count). The summed E-state index contributed by atoms with van der Waals surface area (Å²) in [5.74, 6) is -0.0901. The SMILES string of the molecule is CCCCC(NCC)c1cc(C)ccc1F. The molecule has 0 heterocycles. The number of hydrogen-bond acceptors (Lipinski definition) is 1. The van der Waals surface area contributed by atoms with Gasteiger partial charge in [-0.1, -0.05) is 44.4 Å². The normalized spacial score (nSPS) is 12.8. The van der Waals surface area contributed by atoms with Gasteiger partial charge in [0.15, 0.2) is 0 Å². The number of benzene rings is 1. The maximum atomic E-state index is 13.7. The molecule has 0 spiro atoms. The molecule has 0 bridgehead atoms. The Balaban J connectivity index is 2.85. The first kappa shape index (κ1) is 13.2. The summed E-state index contributed by atoms with van der Waals surface area (Å²) in [5.41, 5.74) is 1.94. The van der Waals surface area contributed by atoms with Gasteiger partial charge in [0.1, 0.15) is 5.82 Å². The summed E-state index contributed by atoms with van der Waals surface area (Å²) in [5, 5.41) is 3.36. The molecule has 0 aliphatic heterocycles. The fourth-order valence-electron chi connectivity index (χ4n) is 1.95. The molecule has 1 aromatic rings. The van der Waals surface area contributed by atoms with Crippen molar-refractivity contribution in [2.24, 2.45) is 0 Å². The zero-order valence-electron chi connectivity index (χ0n) is 10.5. The second-order valence-corrected chi connectivity index (χ2v) is 4.28. The highest BCUT2D eigenvalue weighted by atomic mass is 19.1. The molecule has 1 unspecified atom stereocenters. The van der Waals surface area contributed by atoms with Gasteiger partial charge in [-0.05, 0) is 26.0 Å². The number of hydrogen-bond donors (Lipinski definition) is 1. The highest BCUT2D eigenvalue weighted by Crippen LogP contribution is 2.23. The number of rotatable bonds is 6. The Bertz CT molecular complexity index is 323. The second-order valence-electron chi connectivity index (χ2n) is 4.28. The smallest absolute Gasteiger partial charge is 0.127 e. The van der Waals surface area contributed by atoms with E-state index in [1.54, 1.807) is 6.07 Å². The lowest BCUT2D eigenvalue weighted by Crippen LogP contribution is -2.22. The van der Waals surface area contributed by atoms with Crippen LogP contribution in [-0.2, 0) is 0 Å². The van der Waals surface area contributed by atoms with Crippen molar-refractivity contribution in [3.63, 3.8) is 0 Å². The van der Waals surface area contributed by atoms with E-state index in [0.717, 1.165) is 36.9 Å². The topological polar surface area (TPSA) is 12.0 Å². The summed E-state index contributed by atoms with van der Waals surface area (Å²) in [6.07, 6.45) is 3.28. The van der Waals surface area contributed by atoms with Crippen molar-refractivity contribution in [3.8, 4) is 0 Å². The minimum absolute atomic E-state index is 0.0901. The van der Waals surface area contributed by atoms with Gasteiger partial charge in [-0.15, -0.1) is 0 Å². The Kier molecular flexibility index (Phi) is 5.47. The first-order chi connectivity index (χ1) is 7.69. The van der Waals surface area contributed by atoms with Crippen LogP contribution in [-0.4, -0.2) is 6.54 Å². The van der Waals surface area contributed by atoms with Crippen LogP contribution in [0.1, 0.15) is 50.3 Å². The molecule has 0 amide bonds. The van der Waals surface area contributed by atoms with Crippen molar-refractivity contribution < 1.29 is 4.39 Å². The van der Waals surface area contributed by atoms with Gasteiger partial charge in [0.25, 0.3) is 0 Å². The van der Waals surface area contributed by atoms with E-state index in [-0.39, 0.29) is 11.9 Å². The number of unbranched alkanes of at least 4 members (excludes halogenated alkanes) is 1. The van der Waals surface area contributed by atoms with Gasteiger partial charge < -0.3 is 5.32 Å². The van der Waals surface area contributed by atoms with Gasteiger partial charge in [0.05, 0.1) is 0 Å². The summed E-state index contributed by atoms with van der Waals surface area (Å²) in [7, 11) is 0. The molecular formula is C14H22FN. The lowest BCUT2D eigenvalue weighted by Gasteiger charge is -2.19.